The third kappa shape index (κ3) is 2.77. The molecular weight excluding hydrogens is 297 g/mol. The molecule has 5 heteroatoms. The molecule has 0 saturated heterocycles. The molecule has 0 fully saturated rings. The van der Waals surface area contributed by atoms with Crippen LogP contribution < -0.4 is 0 Å². The van der Waals surface area contributed by atoms with Crippen LogP contribution in [0.1, 0.15) is 21.7 Å². The number of carbonyl (C=O) groups is 1. The van der Waals surface area contributed by atoms with Crippen LogP contribution in [0.3, 0.4) is 0 Å². The summed E-state index contributed by atoms with van der Waals surface area (Å²) in [4.78, 5) is 14.1. The molecule has 0 aliphatic heterocycles. The summed E-state index contributed by atoms with van der Waals surface area (Å²) < 4.78 is 19.2. The van der Waals surface area contributed by atoms with Crippen molar-refractivity contribution in [3.63, 3.8) is 0 Å². The molecule has 1 N–H and O–H groups in total. The highest BCUT2D eigenvalue weighted by atomic mass is 19.1. The number of hydrogen-bond donors (Lipinski definition) is 1. The average molecular weight is 313 g/mol. The number of halogens is 1. The predicted octanol–water partition coefficient (Wildman–Crippen LogP) is 3.86. The molecule has 0 aliphatic rings. The first-order chi connectivity index (χ1) is 11.0. The molecule has 0 unspecified atom stereocenters. The summed E-state index contributed by atoms with van der Waals surface area (Å²) in [6.07, 6.45) is 0. The van der Waals surface area contributed by atoms with E-state index < -0.39 is 5.82 Å². The Labute approximate surface area is 132 Å². The maximum atomic E-state index is 13.8. The Bertz CT molecular complexity index is 885. The van der Waals surface area contributed by atoms with Crippen molar-refractivity contribution in [2.24, 2.45) is 0 Å². The van der Waals surface area contributed by atoms with E-state index in [2.05, 4.69) is 0 Å². The van der Waals surface area contributed by atoms with Gasteiger partial charge in [0, 0.05) is 24.5 Å². The quantitative estimate of drug-likeness (QED) is 0.799. The lowest BCUT2D eigenvalue weighted by Gasteiger charge is -2.16. The van der Waals surface area contributed by atoms with E-state index in [1.807, 2.05) is 6.07 Å². The van der Waals surface area contributed by atoms with Gasteiger partial charge in [0.1, 0.15) is 5.75 Å². The van der Waals surface area contributed by atoms with Crippen molar-refractivity contribution in [3.05, 3.63) is 65.2 Å². The fraction of sp³-hybridized carbons (Fsp3) is 0.167. The Balaban J connectivity index is 1.91. The van der Waals surface area contributed by atoms with E-state index in [1.54, 1.807) is 44.3 Å². The van der Waals surface area contributed by atoms with Crippen LogP contribution in [0.25, 0.3) is 11.0 Å². The fourth-order valence-corrected chi connectivity index (χ4v) is 2.59. The Morgan fingerprint density at radius 3 is 2.70 bits per heavy atom. The molecule has 118 valence electrons. The van der Waals surface area contributed by atoms with E-state index in [-0.39, 0.29) is 23.0 Å². The Kier molecular flexibility index (Phi) is 3.78. The smallest absolute Gasteiger partial charge is 0.289 e. The second-order valence-electron chi connectivity index (χ2n) is 5.50. The van der Waals surface area contributed by atoms with E-state index in [0.29, 0.717) is 17.5 Å². The van der Waals surface area contributed by atoms with E-state index in [4.69, 9.17) is 4.42 Å². The largest absolute Gasteiger partial charge is 0.508 e. The molecule has 2 aromatic carbocycles. The summed E-state index contributed by atoms with van der Waals surface area (Å²) in [7, 11) is 1.63. The van der Waals surface area contributed by atoms with Crippen molar-refractivity contribution in [2.45, 2.75) is 13.5 Å². The van der Waals surface area contributed by atoms with Gasteiger partial charge in [0.05, 0.1) is 0 Å². The highest BCUT2D eigenvalue weighted by Gasteiger charge is 2.22. The number of aryl methyl sites for hydroxylation is 1. The van der Waals surface area contributed by atoms with Gasteiger partial charge >= 0.3 is 0 Å². The zero-order valence-corrected chi connectivity index (χ0v) is 12.8. The summed E-state index contributed by atoms with van der Waals surface area (Å²) >= 11 is 0. The number of furan rings is 1. The first-order valence-electron chi connectivity index (χ1n) is 7.18. The second kappa shape index (κ2) is 5.76. The molecule has 0 bridgehead atoms. The Hall–Kier alpha value is -2.82. The van der Waals surface area contributed by atoms with Crippen molar-refractivity contribution in [1.29, 1.82) is 0 Å². The van der Waals surface area contributed by atoms with Gasteiger partial charge in [-0.15, -0.1) is 0 Å². The van der Waals surface area contributed by atoms with Crippen LogP contribution in [0.5, 0.6) is 5.75 Å². The van der Waals surface area contributed by atoms with Crippen molar-refractivity contribution in [2.75, 3.05) is 7.05 Å². The molecule has 3 rings (SSSR count). The standard InChI is InChI=1S/C18H16FNO3/c1-11-14-7-4-8-15(19)17(14)23-16(11)18(22)20(2)10-12-5-3-6-13(21)9-12/h3-9,21H,10H2,1-2H3. The zero-order valence-electron chi connectivity index (χ0n) is 12.8. The summed E-state index contributed by atoms with van der Waals surface area (Å²) in [5.74, 6) is -0.542. The van der Waals surface area contributed by atoms with Gasteiger partial charge in [-0.25, -0.2) is 4.39 Å². The molecule has 3 aromatic rings. The maximum Gasteiger partial charge on any atom is 0.289 e. The van der Waals surface area contributed by atoms with Gasteiger partial charge in [-0.2, -0.15) is 0 Å². The normalized spacial score (nSPS) is 10.9. The van der Waals surface area contributed by atoms with E-state index in [9.17, 15) is 14.3 Å². The monoisotopic (exact) mass is 313 g/mol. The average Bonchev–Trinajstić information content (AvgIpc) is 2.85. The second-order valence-corrected chi connectivity index (χ2v) is 5.50. The minimum absolute atomic E-state index is 0.0964. The third-order valence-electron chi connectivity index (χ3n) is 3.79. The first kappa shape index (κ1) is 15.1. The van der Waals surface area contributed by atoms with Gasteiger partial charge in [0.2, 0.25) is 0 Å². The maximum absolute atomic E-state index is 13.8. The van der Waals surface area contributed by atoms with Gasteiger partial charge in [0.15, 0.2) is 17.2 Å². The van der Waals surface area contributed by atoms with Gasteiger partial charge in [0.25, 0.3) is 5.91 Å². The molecule has 0 atom stereocenters. The van der Waals surface area contributed by atoms with Crippen LogP contribution >= 0.6 is 0 Å². The van der Waals surface area contributed by atoms with Crippen LogP contribution in [-0.2, 0) is 6.54 Å². The van der Waals surface area contributed by atoms with E-state index in [0.717, 1.165) is 5.56 Å². The number of carbonyl (C=O) groups excluding carboxylic acids is 1. The SMILES string of the molecule is Cc1c(C(=O)N(C)Cc2cccc(O)c2)oc2c(F)cccc12. The zero-order chi connectivity index (χ0) is 16.6. The highest BCUT2D eigenvalue weighted by molar-refractivity contribution is 5.98. The predicted molar refractivity (Wildman–Crippen MR) is 84.8 cm³/mol. The molecule has 1 aromatic heterocycles. The molecule has 1 amide bonds. The minimum atomic E-state index is -0.486. The summed E-state index contributed by atoms with van der Waals surface area (Å²) in [5, 5.41) is 10.1. The summed E-state index contributed by atoms with van der Waals surface area (Å²) in [6, 6.07) is 11.3. The van der Waals surface area contributed by atoms with Crippen molar-refractivity contribution in [3.8, 4) is 5.75 Å². The van der Waals surface area contributed by atoms with Gasteiger partial charge in [-0.1, -0.05) is 24.3 Å². The van der Waals surface area contributed by atoms with Crippen molar-refractivity contribution in [1.82, 2.24) is 4.90 Å². The molecule has 0 radical (unpaired) electrons. The molecule has 4 nitrogen and oxygen atoms in total. The fourth-order valence-electron chi connectivity index (χ4n) is 2.59. The van der Waals surface area contributed by atoms with E-state index >= 15 is 0 Å². The lowest BCUT2D eigenvalue weighted by atomic mass is 10.1. The number of phenolic OH excluding ortho intramolecular Hbond substituents is 1. The number of benzene rings is 2. The Morgan fingerprint density at radius 2 is 2.00 bits per heavy atom. The summed E-state index contributed by atoms with van der Waals surface area (Å²) in [6.45, 7) is 2.05. The number of hydrogen-bond acceptors (Lipinski definition) is 3. The van der Waals surface area contributed by atoms with Crippen LogP contribution in [0.15, 0.2) is 46.9 Å². The molecule has 23 heavy (non-hydrogen) atoms. The number of aromatic hydroxyl groups is 1. The number of amides is 1. The van der Waals surface area contributed by atoms with Crippen LogP contribution in [-0.4, -0.2) is 23.0 Å². The lowest BCUT2D eigenvalue weighted by Crippen LogP contribution is -2.26. The highest BCUT2D eigenvalue weighted by Crippen LogP contribution is 2.28. The first-order valence-corrected chi connectivity index (χ1v) is 7.18. The van der Waals surface area contributed by atoms with Crippen LogP contribution in [0, 0.1) is 12.7 Å². The molecular formula is C18H16FNO3. The molecule has 1 heterocycles. The van der Waals surface area contributed by atoms with Gasteiger partial charge in [-0.05, 0) is 30.7 Å². The third-order valence-corrected chi connectivity index (χ3v) is 3.79. The topological polar surface area (TPSA) is 53.7 Å². The van der Waals surface area contributed by atoms with Crippen molar-refractivity contribution >= 4 is 16.9 Å². The number of para-hydroxylation sites is 1. The number of nitrogens with zero attached hydrogens (tertiary/aromatic N) is 1. The number of fused-ring (bicyclic) bond motifs is 1. The minimum Gasteiger partial charge on any atom is -0.508 e. The van der Waals surface area contributed by atoms with Crippen molar-refractivity contribution < 1.29 is 18.7 Å². The van der Waals surface area contributed by atoms with Gasteiger partial charge in [-0.3, -0.25) is 4.79 Å². The summed E-state index contributed by atoms with van der Waals surface area (Å²) in [5.41, 5.74) is 1.51. The molecule has 0 spiro atoms. The number of phenols is 1. The number of rotatable bonds is 3. The van der Waals surface area contributed by atoms with Gasteiger partial charge < -0.3 is 14.4 Å². The molecule has 0 saturated carbocycles. The molecule has 0 aliphatic carbocycles. The van der Waals surface area contributed by atoms with Crippen LogP contribution in [0.2, 0.25) is 0 Å². The van der Waals surface area contributed by atoms with E-state index in [1.165, 1.54) is 11.0 Å². The van der Waals surface area contributed by atoms with Crippen LogP contribution in [0.4, 0.5) is 4.39 Å². The Morgan fingerprint density at radius 1 is 1.26 bits per heavy atom. The lowest BCUT2D eigenvalue weighted by molar-refractivity contribution is 0.0754.